The summed E-state index contributed by atoms with van der Waals surface area (Å²) in [5.41, 5.74) is 0. The van der Waals surface area contributed by atoms with Gasteiger partial charge in [0.2, 0.25) is 0 Å². The number of halogens is 2. The number of nitrogens with zero attached hydrogens (tertiary/aromatic N) is 1. The SMILES string of the molecule is [O-][n+]1cccc(Cl)c1Cl. The minimum Gasteiger partial charge on any atom is -0.618 e. The number of pyridine rings is 1. The summed E-state index contributed by atoms with van der Waals surface area (Å²) in [6.07, 6.45) is 1.29. The van der Waals surface area contributed by atoms with Crippen molar-refractivity contribution in [1.82, 2.24) is 0 Å². The molecule has 0 saturated carbocycles. The predicted octanol–water partition coefficient (Wildman–Crippen LogP) is 1.63. The Balaban J connectivity index is 3.25. The van der Waals surface area contributed by atoms with Crippen LogP contribution in [0.4, 0.5) is 0 Å². The molecule has 1 aromatic rings. The topological polar surface area (TPSA) is 26.9 Å². The third-order valence-corrected chi connectivity index (χ3v) is 1.63. The fourth-order valence-electron chi connectivity index (χ4n) is 0.445. The van der Waals surface area contributed by atoms with E-state index >= 15 is 0 Å². The highest BCUT2D eigenvalue weighted by Gasteiger charge is 2.03. The van der Waals surface area contributed by atoms with Crippen molar-refractivity contribution < 1.29 is 4.73 Å². The molecule has 4 heteroatoms. The van der Waals surface area contributed by atoms with Gasteiger partial charge in [0.1, 0.15) is 5.02 Å². The molecule has 0 radical (unpaired) electrons. The molecule has 0 N–H and O–H groups in total. The maximum Gasteiger partial charge on any atom is 0.305 e. The molecule has 0 unspecified atom stereocenters. The van der Waals surface area contributed by atoms with E-state index in [1.165, 1.54) is 12.3 Å². The van der Waals surface area contributed by atoms with Gasteiger partial charge in [-0.25, -0.2) is 0 Å². The molecule has 1 heterocycles. The molecule has 1 rings (SSSR count). The van der Waals surface area contributed by atoms with E-state index < -0.39 is 0 Å². The highest BCUT2D eigenvalue weighted by atomic mass is 35.5. The van der Waals surface area contributed by atoms with Crippen LogP contribution in [0.15, 0.2) is 18.3 Å². The first kappa shape index (κ1) is 6.65. The molecular formula is C5H3Cl2NO. The molecule has 2 nitrogen and oxygen atoms in total. The van der Waals surface area contributed by atoms with E-state index in [0.717, 1.165) is 0 Å². The quantitative estimate of drug-likeness (QED) is 0.325. The van der Waals surface area contributed by atoms with Crippen LogP contribution in [-0.4, -0.2) is 0 Å². The van der Waals surface area contributed by atoms with Crippen molar-refractivity contribution in [2.24, 2.45) is 0 Å². The lowest BCUT2D eigenvalue weighted by Gasteiger charge is -1.96. The molecule has 0 spiro atoms. The van der Waals surface area contributed by atoms with Crippen LogP contribution in [0.25, 0.3) is 0 Å². The standard InChI is InChI=1S/C5H3Cl2NO/c6-4-2-1-3-8(9)5(4)7/h1-3H. The molecule has 1 aromatic heterocycles. The van der Waals surface area contributed by atoms with Gasteiger partial charge in [0.05, 0.1) is 0 Å². The van der Waals surface area contributed by atoms with Crippen LogP contribution in [0.5, 0.6) is 0 Å². The Labute approximate surface area is 62.2 Å². The third-order valence-electron chi connectivity index (χ3n) is 0.855. The van der Waals surface area contributed by atoms with Gasteiger partial charge in [-0.05, 0) is 17.7 Å². The van der Waals surface area contributed by atoms with Gasteiger partial charge >= 0.3 is 5.15 Å². The van der Waals surface area contributed by atoms with Gasteiger partial charge in [0, 0.05) is 6.07 Å². The summed E-state index contributed by atoms with van der Waals surface area (Å²) in [5, 5.41) is 10.8. The molecule has 0 fully saturated rings. The van der Waals surface area contributed by atoms with Crippen molar-refractivity contribution in [3.63, 3.8) is 0 Å². The van der Waals surface area contributed by atoms with Crippen molar-refractivity contribution in [1.29, 1.82) is 0 Å². The van der Waals surface area contributed by atoms with Crippen molar-refractivity contribution >= 4 is 23.2 Å². The molecule has 0 bridgehead atoms. The lowest BCUT2D eigenvalue weighted by molar-refractivity contribution is -0.602. The maximum atomic E-state index is 10.5. The van der Waals surface area contributed by atoms with E-state index in [2.05, 4.69) is 0 Å². The molecule has 0 saturated heterocycles. The highest BCUT2D eigenvalue weighted by molar-refractivity contribution is 6.40. The number of hydrogen-bond donors (Lipinski definition) is 0. The summed E-state index contributed by atoms with van der Waals surface area (Å²) in [6, 6.07) is 3.08. The lowest BCUT2D eigenvalue weighted by atomic mass is 10.5. The van der Waals surface area contributed by atoms with Gasteiger partial charge < -0.3 is 5.21 Å². The number of rotatable bonds is 0. The minimum atomic E-state index is 0.0131. The minimum absolute atomic E-state index is 0.0131. The van der Waals surface area contributed by atoms with Crippen molar-refractivity contribution in [2.45, 2.75) is 0 Å². The predicted molar refractivity (Wildman–Crippen MR) is 35.4 cm³/mol. The van der Waals surface area contributed by atoms with E-state index in [-0.39, 0.29) is 10.2 Å². The zero-order valence-corrected chi connectivity index (χ0v) is 5.86. The van der Waals surface area contributed by atoms with Crippen molar-refractivity contribution in [3.8, 4) is 0 Å². The second-order valence-corrected chi connectivity index (χ2v) is 2.24. The Bertz CT molecular complexity index is 206. The van der Waals surface area contributed by atoms with Gasteiger partial charge in [-0.15, -0.1) is 0 Å². The molecule has 0 amide bonds. The van der Waals surface area contributed by atoms with Crippen LogP contribution < -0.4 is 4.73 Å². The second kappa shape index (κ2) is 2.42. The maximum absolute atomic E-state index is 10.5. The second-order valence-electron chi connectivity index (χ2n) is 1.47. The Kier molecular flexibility index (Phi) is 1.78. The molecule has 0 aliphatic carbocycles. The van der Waals surface area contributed by atoms with Crippen LogP contribution in [0, 0.1) is 5.21 Å². The Morgan fingerprint density at radius 3 is 2.56 bits per heavy atom. The molecule has 0 atom stereocenters. The zero-order valence-electron chi connectivity index (χ0n) is 4.34. The zero-order chi connectivity index (χ0) is 6.85. The average Bonchev–Trinajstić information content (AvgIpc) is 1.83. The van der Waals surface area contributed by atoms with Crippen LogP contribution >= 0.6 is 23.2 Å². The van der Waals surface area contributed by atoms with Crippen LogP contribution in [-0.2, 0) is 0 Å². The molecule has 0 aliphatic rings. The van der Waals surface area contributed by atoms with Crippen molar-refractivity contribution in [2.75, 3.05) is 0 Å². The average molecular weight is 164 g/mol. The number of aromatic nitrogens is 1. The van der Waals surface area contributed by atoms with E-state index in [4.69, 9.17) is 23.2 Å². The summed E-state index contributed by atoms with van der Waals surface area (Å²) >= 11 is 10.9. The summed E-state index contributed by atoms with van der Waals surface area (Å²) in [4.78, 5) is 0. The molecule has 48 valence electrons. The number of hydrogen-bond acceptors (Lipinski definition) is 1. The summed E-state index contributed by atoms with van der Waals surface area (Å²) in [5.74, 6) is 0. The van der Waals surface area contributed by atoms with E-state index in [9.17, 15) is 5.21 Å². The fraction of sp³-hybridized carbons (Fsp3) is 0. The summed E-state index contributed by atoms with van der Waals surface area (Å²) in [7, 11) is 0. The monoisotopic (exact) mass is 163 g/mol. The van der Waals surface area contributed by atoms with Gasteiger partial charge in [-0.1, -0.05) is 11.6 Å². The van der Waals surface area contributed by atoms with Crippen LogP contribution in [0.3, 0.4) is 0 Å². The fourth-order valence-corrected chi connectivity index (χ4v) is 0.721. The van der Waals surface area contributed by atoms with Crippen LogP contribution in [0.1, 0.15) is 0 Å². The molecule has 0 aliphatic heterocycles. The normalized spacial score (nSPS) is 9.56. The summed E-state index contributed by atoms with van der Waals surface area (Å²) < 4.78 is 0.504. The van der Waals surface area contributed by atoms with Crippen LogP contribution in [0.2, 0.25) is 10.2 Å². The Morgan fingerprint density at radius 1 is 1.44 bits per heavy atom. The van der Waals surface area contributed by atoms with E-state index in [1.54, 1.807) is 6.07 Å². The smallest absolute Gasteiger partial charge is 0.305 e. The molecular weight excluding hydrogens is 161 g/mol. The molecule has 0 aromatic carbocycles. The first-order chi connectivity index (χ1) is 4.22. The van der Waals surface area contributed by atoms with Crippen molar-refractivity contribution in [3.05, 3.63) is 33.7 Å². The van der Waals surface area contributed by atoms with Gasteiger partial charge in [-0.2, -0.15) is 4.73 Å². The first-order valence-electron chi connectivity index (χ1n) is 2.25. The van der Waals surface area contributed by atoms with Gasteiger partial charge in [0.25, 0.3) is 0 Å². The Morgan fingerprint density at radius 2 is 2.11 bits per heavy atom. The van der Waals surface area contributed by atoms with E-state index in [0.29, 0.717) is 4.73 Å². The third kappa shape index (κ3) is 1.26. The van der Waals surface area contributed by atoms with Gasteiger partial charge in [-0.3, -0.25) is 0 Å². The first-order valence-corrected chi connectivity index (χ1v) is 3.00. The van der Waals surface area contributed by atoms with Gasteiger partial charge in [0.15, 0.2) is 6.20 Å². The Hall–Kier alpha value is -0.470. The summed E-state index contributed by atoms with van der Waals surface area (Å²) in [6.45, 7) is 0. The highest BCUT2D eigenvalue weighted by Crippen LogP contribution is 2.14. The van der Waals surface area contributed by atoms with E-state index in [1.807, 2.05) is 0 Å². The largest absolute Gasteiger partial charge is 0.618 e. The molecule has 9 heavy (non-hydrogen) atoms. The lowest BCUT2D eigenvalue weighted by Crippen LogP contribution is -2.26.